The fourth-order valence-electron chi connectivity index (χ4n) is 2.89. The first-order valence-electron chi connectivity index (χ1n) is 8.47. The summed E-state index contributed by atoms with van der Waals surface area (Å²) in [7, 11) is 0. The first-order valence-corrected chi connectivity index (χ1v) is 9.35. The number of fused-ring (bicyclic) bond motifs is 2. The first-order chi connectivity index (χ1) is 13.0. The lowest BCUT2D eigenvalue weighted by molar-refractivity contribution is -0.122. The van der Waals surface area contributed by atoms with Gasteiger partial charge >= 0.3 is 0 Å². The minimum atomic E-state index is -0.553. The van der Waals surface area contributed by atoms with Crippen molar-refractivity contribution in [2.75, 3.05) is 16.0 Å². The Morgan fingerprint density at radius 1 is 1.11 bits per heavy atom. The minimum Gasteiger partial charge on any atom is -0.479 e. The predicted octanol–water partition coefficient (Wildman–Crippen LogP) is 2.85. The molecule has 0 fully saturated rings. The van der Waals surface area contributed by atoms with Crippen LogP contribution in [0.2, 0.25) is 0 Å². The van der Waals surface area contributed by atoms with Gasteiger partial charge in [0.05, 0.1) is 16.6 Å². The quantitative estimate of drug-likeness (QED) is 0.757. The molecule has 2 aliphatic rings. The average Bonchev–Trinajstić information content (AvgIpc) is 2.63. The number of carbonyl (C=O) groups is 3. The number of ether oxygens (including phenoxy) is 1. The van der Waals surface area contributed by atoms with Crippen LogP contribution in [0.1, 0.15) is 13.3 Å². The van der Waals surface area contributed by atoms with Crippen LogP contribution >= 0.6 is 11.8 Å². The molecule has 4 rings (SSSR count). The van der Waals surface area contributed by atoms with Gasteiger partial charge in [0.15, 0.2) is 6.10 Å². The number of rotatable bonds is 3. The molecular weight excluding hydrogens is 366 g/mol. The first kappa shape index (κ1) is 17.4. The van der Waals surface area contributed by atoms with E-state index in [4.69, 9.17) is 4.74 Å². The number of benzene rings is 2. The second-order valence-corrected chi connectivity index (χ2v) is 7.55. The van der Waals surface area contributed by atoms with Crippen LogP contribution in [-0.4, -0.2) is 29.1 Å². The van der Waals surface area contributed by atoms with E-state index in [-0.39, 0.29) is 24.1 Å². The molecule has 7 nitrogen and oxygen atoms in total. The fourth-order valence-corrected chi connectivity index (χ4v) is 4.00. The highest BCUT2D eigenvalue weighted by atomic mass is 32.2. The van der Waals surface area contributed by atoms with Crippen LogP contribution < -0.4 is 20.7 Å². The molecule has 0 saturated heterocycles. The summed E-state index contributed by atoms with van der Waals surface area (Å²) in [6.07, 6.45) is -0.510. The van der Waals surface area contributed by atoms with E-state index in [1.165, 1.54) is 11.8 Å². The molecule has 0 unspecified atom stereocenters. The van der Waals surface area contributed by atoms with Crippen LogP contribution in [-0.2, 0) is 14.4 Å². The molecule has 27 heavy (non-hydrogen) atoms. The highest BCUT2D eigenvalue weighted by Gasteiger charge is 2.29. The molecule has 2 aliphatic heterocycles. The number of thioether (sulfide) groups is 1. The fraction of sp³-hybridized carbons (Fsp3) is 0.211. The average molecular weight is 383 g/mol. The SMILES string of the molecule is C[C@H]1Oc2ccc(NC(=O)C[C@H]3Sc4ccccc4NC3=O)cc2NC1=O. The highest BCUT2D eigenvalue weighted by Crippen LogP contribution is 2.37. The number of anilines is 3. The smallest absolute Gasteiger partial charge is 0.265 e. The summed E-state index contributed by atoms with van der Waals surface area (Å²) >= 11 is 1.38. The molecule has 8 heteroatoms. The van der Waals surface area contributed by atoms with E-state index in [2.05, 4.69) is 16.0 Å². The largest absolute Gasteiger partial charge is 0.479 e. The molecule has 0 bridgehead atoms. The molecule has 3 amide bonds. The molecule has 0 spiro atoms. The van der Waals surface area contributed by atoms with E-state index in [0.717, 1.165) is 10.6 Å². The van der Waals surface area contributed by atoms with E-state index < -0.39 is 11.4 Å². The summed E-state index contributed by atoms with van der Waals surface area (Å²) in [5.41, 5.74) is 1.80. The van der Waals surface area contributed by atoms with Crippen LogP contribution in [0, 0.1) is 0 Å². The second kappa shape index (κ2) is 6.96. The maximum Gasteiger partial charge on any atom is 0.265 e. The monoisotopic (exact) mass is 383 g/mol. The Hall–Kier alpha value is -3.00. The molecular formula is C19H17N3O4S. The zero-order chi connectivity index (χ0) is 19.0. The van der Waals surface area contributed by atoms with Gasteiger partial charge in [-0.15, -0.1) is 11.8 Å². The Morgan fingerprint density at radius 2 is 1.89 bits per heavy atom. The summed E-state index contributed by atoms with van der Waals surface area (Å²) in [4.78, 5) is 37.3. The van der Waals surface area contributed by atoms with Crippen molar-refractivity contribution in [3.8, 4) is 5.75 Å². The van der Waals surface area contributed by atoms with Crippen molar-refractivity contribution in [3.05, 3.63) is 42.5 Å². The predicted molar refractivity (Wildman–Crippen MR) is 103 cm³/mol. The van der Waals surface area contributed by atoms with E-state index in [9.17, 15) is 14.4 Å². The van der Waals surface area contributed by atoms with Crippen molar-refractivity contribution in [1.82, 2.24) is 0 Å². The Balaban J connectivity index is 1.42. The Kier molecular flexibility index (Phi) is 4.49. The number of nitrogens with one attached hydrogen (secondary N) is 3. The van der Waals surface area contributed by atoms with Gasteiger partial charge in [0.25, 0.3) is 5.91 Å². The van der Waals surface area contributed by atoms with Crippen LogP contribution in [0.5, 0.6) is 5.75 Å². The molecule has 2 aromatic carbocycles. The third-order valence-corrected chi connectivity index (χ3v) is 5.55. The van der Waals surface area contributed by atoms with Gasteiger partial charge in [-0.25, -0.2) is 0 Å². The molecule has 0 saturated carbocycles. The van der Waals surface area contributed by atoms with Gasteiger partial charge in [0, 0.05) is 17.0 Å². The second-order valence-electron chi connectivity index (χ2n) is 6.30. The van der Waals surface area contributed by atoms with Crippen molar-refractivity contribution < 1.29 is 19.1 Å². The Bertz CT molecular complexity index is 946. The molecule has 0 aliphatic carbocycles. The van der Waals surface area contributed by atoms with Gasteiger partial charge in [0.2, 0.25) is 11.8 Å². The van der Waals surface area contributed by atoms with Crippen LogP contribution in [0.25, 0.3) is 0 Å². The molecule has 0 radical (unpaired) electrons. The van der Waals surface area contributed by atoms with Crippen molar-refractivity contribution in [2.24, 2.45) is 0 Å². The van der Waals surface area contributed by atoms with Gasteiger partial charge < -0.3 is 20.7 Å². The van der Waals surface area contributed by atoms with Crippen molar-refractivity contribution in [3.63, 3.8) is 0 Å². The van der Waals surface area contributed by atoms with Gasteiger partial charge in [0.1, 0.15) is 5.75 Å². The van der Waals surface area contributed by atoms with E-state index in [1.54, 1.807) is 25.1 Å². The minimum absolute atomic E-state index is 0.0435. The lowest BCUT2D eigenvalue weighted by Gasteiger charge is -2.24. The molecule has 0 aromatic heterocycles. The number of hydrogen-bond acceptors (Lipinski definition) is 5. The number of amides is 3. The topological polar surface area (TPSA) is 96.5 Å². The van der Waals surface area contributed by atoms with E-state index in [0.29, 0.717) is 17.1 Å². The third kappa shape index (κ3) is 3.61. The maximum atomic E-state index is 12.4. The molecule has 2 atom stereocenters. The summed E-state index contributed by atoms with van der Waals surface area (Å²) in [6.45, 7) is 1.67. The maximum absolute atomic E-state index is 12.4. The molecule has 2 aromatic rings. The summed E-state index contributed by atoms with van der Waals surface area (Å²) in [5, 5.41) is 7.84. The molecule has 3 N–H and O–H groups in total. The normalized spacial score (nSPS) is 20.5. The van der Waals surface area contributed by atoms with Gasteiger partial charge in [-0.3, -0.25) is 14.4 Å². The van der Waals surface area contributed by atoms with Crippen LogP contribution in [0.15, 0.2) is 47.4 Å². The highest BCUT2D eigenvalue weighted by molar-refractivity contribution is 8.01. The zero-order valence-electron chi connectivity index (χ0n) is 14.4. The summed E-state index contributed by atoms with van der Waals surface area (Å²) in [6, 6.07) is 12.5. The lowest BCUT2D eigenvalue weighted by atomic mass is 10.2. The van der Waals surface area contributed by atoms with Crippen LogP contribution in [0.3, 0.4) is 0 Å². The van der Waals surface area contributed by atoms with Gasteiger partial charge in [-0.1, -0.05) is 12.1 Å². The van der Waals surface area contributed by atoms with Crippen molar-refractivity contribution in [1.29, 1.82) is 0 Å². The summed E-state index contributed by atoms with van der Waals surface area (Å²) in [5.74, 6) is -0.147. The zero-order valence-corrected chi connectivity index (χ0v) is 15.3. The van der Waals surface area contributed by atoms with Gasteiger partial charge in [-0.05, 0) is 37.3 Å². The third-order valence-electron chi connectivity index (χ3n) is 4.27. The van der Waals surface area contributed by atoms with E-state index in [1.807, 2.05) is 24.3 Å². The number of hydrogen-bond donors (Lipinski definition) is 3. The molecule has 138 valence electrons. The lowest BCUT2D eigenvalue weighted by Crippen LogP contribution is -2.34. The van der Waals surface area contributed by atoms with E-state index >= 15 is 0 Å². The summed E-state index contributed by atoms with van der Waals surface area (Å²) < 4.78 is 5.49. The number of para-hydroxylation sites is 1. The van der Waals surface area contributed by atoms with Crippen molar-refractivity contribution in [2.45, 2.75) is 29.6 Å². The standard InChI is InChI=1S/C19H17N3O4S/c1-10-18(24)22-13-8-11(6-7-14(13)26-10)20-17(23)9-16-19(25)21-12-4-2-3-5-15(12)27-16/h2-8,10,16H,9H2,1H3,(H,20,23)(H,21,25)(H,22,24)/t10-,16-/m1/s1. The van der Waals surface area contributed by atoms with Crippen molar-refractivity contribution >= 4 is 46.5 Å². The Labute approximate surface area is 159 Å². The number of carbonyl (C=O) groups excluding carboxylic acids is 3. The van der Waals surface area contributed by atoms with Crippen LogP contribution in [0.4, 0.5) is 17.1 Å². The van der Waals surface area contributed by atoms with Gasteiger partial charge in [-0.2, -0.15) is 0 Å². The molecule has 2 heterocycles. The Morgan fingerprint density at radius 3 is 2.74 bits per heavy atom.